The van der Waals surface area contributed by atoms with Crippen LogP contribution in [0, 0.1) is 13.8 Å². The normalized spacial score (nSPS) is 10.2. The first-order valence-electron chi connectivity index (χ1n) is 5.25. The van der Waals surface area contributed by atoms with Crippen molar-refractivity contribution in [3.63, 3.8) is 0 Å². The first-order valence-corrected chi connectivity index (χ1v) is 5.63. The molecule has 0 saturated heterocycles. The van der Waals surface area contributed by atoms with E-state index < -0.39 is 0 Å². The quantitative estimate of drug-likeness (QED) is 0.790. The Labute approximate surface area is 101 Å². The zero-order valence-corrected chi connectivity index (χ0v) is 10.2. The number of aryl methyl sites for hydroxylation is 2. The van der Waals surface area contributed by atoms with Crippen LogP contribution in [0.2, 0.25) is 5.02 Å². The molecule has 2 aromatic carbocycles. The van der Waals surface area contributed by atoms with Gasteiger partial charge in [0.05, 0.1) is 0 Å². The van der Waals surface area contributed by atoms with E-state index in [1.54, 1.807) is 0 Å². The van der Waals surface area contributed by atoms with E-state index in [9.17, 15) is 0 Å². The standard InChI is InChI=1S/C14H14ClN/c1-10-3-6-12(7-4-10)16-13-8-5-11(2)14(15)9-13/h3-9,16H,1-2H3. The zero-order chi connectivity index (χ0) is 11.5. The minimum absolute atomic E-state index is 0.789. The number of hydrogen-bond donors (Lipinski definition) is 1. The highest BCUT2D eigenvalue weighted by atomic mass is 35.5. The molecule has 0 aliphatic heterocycles. The molecule has 0 spiro atoms. The van der Waals surface area contributed by atoms with Crippen molar-refractivity contribution in [2.24, 2.45) is 0 Å². The molecule has 82 valence electrons. The van der Waals surface area contributed by atoms with E-state index in [0.29, 0.717) is 0 Å². The molecule has 0 saturated carbocycles. The maximum Gasteiger partial charge on any atom is 0.0455 e. The Bertz CT molecular complexity index is 489. The van der Waals surface area contributed by atoms with Crippen molar-refractivity contribution < 1.29 is 0 Å². The Kier molecular flexibility index (Phi) is 3.16. The van der Waals surface area contributed by atoms with Gasteiger partial charge in [-0.05, 0) is 43.7 Å². The largest absolute Gasteiger partial charge is 0.355 e. The molecule has 0 radical (unpaired) electrons. The van der Waals surface area contributed by atoms with Crippen LogP contribution in [0.5, 0.6) is 0 Å². The van der Waals surface area contributed by atoms with Crippen molar-refractivity contribution in [3.8, 4) is 0 Å². The first-order chi connectivity index (χ1) is 7.65. The number of benzene rings is 2. The van der Waals surface area contributed by atoms with E-state index in [1.807, 2.05) is 25.1 Å². The van der Waals surface area contributed by atoms with Gasteiger partial charge in [-0.3, -0.25) is 0 Å². The van der Waals surface area contributed by atoms with Crippen LogP contribution in [0.4, 0.5) is 11.4 Å². The Morgan fingerprint density at radius 2 is 1.50 bits per heavy atom. The molecule has 0 bridgehead atoms. The molecule has 0 aliphatic carbocycles. The van der Waals surface area contributed by atoms with Gasteiger partial charge in [-0.15, -0.1) is 0 Å². The first kappa shape index (κ1) is 11.0. The molecule has 0 fully saturated rings. The number of anilines is 2. The summed E-state index contributed by atoms with van der Waals surface area (Å²) >= 11 is 6.07. The highest BCUT2D eigenvalue weighted by Crippen LogP contribution is 2.23. The second kappa shape index (κ2) is 4.58. The Balaban J connectivity index is 2.20. The maximum absolute atomic E-state index is 6.07. The summed E-state index contributed by atoms with van der Waals surface area (Å²) < 4.78 is 0. The Morgan fingerprint density at radius 1 is 0.875 bits per heavy atom. The van der Waals surface area contributed by atoms with Crippen LogP contribution in [0.15, 0.2) is 42.5 Å². The summed E-state index contributed by atoms with van der Waals surface area (Å²) in [5.74, 6) is 0. The second-order valence-corrected chi connectivity index (χ2v) is 4.36. The summed E-state index contributed by atoms with van der Waals surface area (Å²) in [5.41, 5.74) is 4.44. The van der Waals surface area contributed by atoms with E-state index in [-0.39, 0.29) is 0 Å². The van der Waals surface area contributed by atoms with E-state index in [2.05, 4.69) is 36.5 Å². The monoisotopic (exact) mass is 231 g/mol. The molecule has 0 unspecified atom stereocenters. The van der Waals surface area contributed by atoms with Crippen molar-refractivity contribution >= 4 is 23.0 Å². The molecule has 1 nitrogen and oxygen atoms in total. The van der Waals surface area contributed by atoms with Gasteiger partial charge < -0.3 is 5.32 Å². The van der Waals surface area contributed by atoms with Gasteiger partial charge in [0.25, 0.3) is 0 Å². The molecule has 0 heterocycles. The smallest absolute Gasteiger partial charge is 0.0455 e. The molecule has 0 aliphatic rings. The Hall–Kier alpha value is -1.47. The third kappa shape index (κ3) is 2.56. The van der Waals surface area contributed by atoms with Gasteiger partial charge in [0.2, 0.25) is 0 Å². The topological polar surface area (TPSA) is 12.0 Å². The van der Waals surface area contributed by atoms with Crippen LogP contribution in [0.1, 0.15) is 11.1 Å². The molecule has 0 amide bonds. The van der Waals surface area contributed by atoms with Crippen molar-refractivity contribution in [2.75, 3.05) is 5.32 Å². The van der Waals surface area contributed by atoms with Gasteiger partial charge >= 0.3 is 0 Å². The zero-order valence-electron chi connectivity index (χ0n) is 9.42. The van der Waals surface area contributed by atoms with Gasteiger partial charge in [-0.1, -0.05) is 35.4 Å². The fourth-order valence-corrected chi connectivity index (χ4v) is 1.65. The predicted molar refractivity (Wildman–Crippen MR) is 70.7 cm³/mol. The highest BCUT2D eigenvalue weighted by molar-refractivity contribution is 6.31. The fraction of sp³-hybridized carbons (Fsp3) is 0.143. The molecule has 2 heteroatoms. The van der Waals surface area contributed by atoms with Crippen molar-refractivity contribution in [1.29, 1.82) is 0 Å². The van der Waals surface area contributed by atoms with E-state index in [0.717, 1.165) is 22.0 Å². The lowest BCUT2D eigenvalue weighted by molar-refractivity contribution is 1.43. The maximum atomic E-state index is 6.07. The third-order valence-electron chi connectivity index (χ3n) is 2.51. The number of nitrogens with one attached hydrogen (secondary N) is 1. The number of rotatable bonds is 2. The second-order valence-electron chi connectivity index (χ2n) is 3.95. The lowest BCUT2D eigenvalue weighted by Crippen LogP contribution is -1.90. The fourth-order valence-electron chi connectivity index (χ4n) is 1.47. The summed E-state index contributed by atoms with van der Waals surface area (Å²) in [7, 11) is 0. The minimum Gasteiger partial charge on any atom is -0.355 e. The summed E-state index contributed by atoms with van der Waals surface area (Å²) in [4.78, 5) is 0. The van der Waals surface area contributed by atoms with Crippen LogP contribution in [0.25, 0.3) is 0 Å². The van der Waals surface area contributed by atoms with Crippen LogP contribution in [-0.2, 0) is 0 Å². The van der Waals surface area contributed by atoms with E-state index >= 15 is 0 Å². The number of hydrogen-bond acceptors (Lipinski definition) is 1. The molecular weight excluding hydrogens is 218 g/mol. The van der Waals surface area contributed by atoms with Crippen molar-refractivity contribution in [3.05, 3.63) is 58.6 Å². The molecule has 2 rings (SSSR count). The summed E-state index contributed by atoms with van der Waals surface area (Å²) in [5, 5.41) is 4.10. The van der Waals surface area contributed by atoms with Gasteiger partial charge in [0.1, 0.15) is 0 Å². The van der Waals surface area contributed by atoms with Gasteiger partial charge in [0, 0.05) is 16.4 Å². The molecular formula is C14H14ClN. The summed E-state index contributed by atoms with van der Waals surface area (Å²) in [6.45, 7) is 4.07. The third-order valence-corrected chi connectivity index (χ3v) is 2.92. The van der Waals surface area contributed by atoms with Gasteiger partial charge in [0.15, 0.2) is 0 Å². The Morgan fingerprint density at radius 3 is 2.12 bits per heavy atom. The molecule has 0 aromatic heterocycles. The molecule has 2 aromatic rings. The predicted octanol–water partition coefficient (Wildman–Crippen LogP) is 4.70. The van der Waals surface area contributed by atoms with Crippen molar-refractivity contribution in [2.45, 2.75) is 13.8 Å². The van der Waals surface area contributed by atoms with Crippen LogP contribution in [-0.4, -0.2) is 0 Å². The van der Waals surface area contributed by atoms with Crippen LogP contribution < -0.4 is 5.32 Å². The number of halogens is 1. The lowest BCUT2D eigenvalue weighted by Gasteiger charge is -2.08. The van der Waals surface area contributed by atoms with Crippen molar-refractivity contribution in [1.82, 2.24) is 0 Å². The molecule has 1 N–H and O–H groups in total. The SMILES string of the molecule is Cc1ccc(Nc2ccc(C)c(Cl)c2)cc1. The van der Waals surface area contributed by atoms with E-state index in [4.69, 9.17) is 11.6 Å². The molecule has 0 atom stereocenters. The van der Waals surface area contributed by atoms with Gasteiger partial charge in [-0.2, -0.15) is 0 Å². The average Bonchev–Trinajstić information content (AvgIpc) is 2.27. The molecule has 16 heavy (non-hydrogen) atoms. The summed E-state index contributed by atoms with van der Waals surface area (Å²) in [6.07, 6.45) is 0. The average molecular weight is 232 g/mol. The van der Waals surface area contributed by atoms with Crippen LogP contribution in [0.3, 0.4) is 0 Å². The summed E-state index contributed by atoms with van der Waals surface area (Å²) in [6, 6.07) is 14.3. The van der Waals surface area contributed by atoms with E-state index in [1.165, 1.54) is 5.56 Å². The lowest BCUT2D eigenvalue weighted by atomic mass is 10.2. The van der Waals surface area contributed by atoms with Gasteiger partial charge in [-0.25, -0.2) is 0 Å². The minimum atomic E-state index is 0.789. The van der Waals surface area contributed by atoms with Crippen LogP contribution >= 0.6 is 11.6 Å². The highest BCUT2D eigenvalue weighted by Gasteiger charge is 1.98.